The van der Waals surface area contributed by atoms with Gasteiger partial charge in [0.25, 0.3) is 0 Å². The lowest BCUT2D eigenvalue weighted by molar-refractivity contribution is 0.385. The Labute approximate surface area is 102 Å². The molecular formula is C11H13BrFNS. The van der Waals surface area contributed by atoms with Crippen molar-refractivity contribution in [3.05, 3.63) is 34.1 Å². The molecule has 1 aliphatic rings. The van der Waals surface area contributed by atoms with Crippen molar-refractivity contribution in [3.63, 3.8) is 0 Å². The summed E-state index contributed by atoms with van der Waals surface area (Å²) in [6.07, 6.45) is 0. The second kappa shape index (κ2) is 5.32. The summed E-state index contributed by atoms with van der Waals surface area (Å²) in [5.74, 6) is 2.69. The topological polar surface area (TPSA) is 12.0 Å². The summed E-state index contributed by atoms with van der Waals surface area (Å²) in [4.78, 5) is 0. The van der Waals surface area contributed by atoms with Crippen molar-refractivity contribution in [1.29, 1.82) is 0 Å². The van der Waals surface area contributed by atoms with Crippen LogP contribution in [0, 0.1) is 11.7 Å². The van der Waals surface area contributed by atoms with E-state index in [9.17, 15) is 4.39 Å². The second-order valence-corrected chi connectivity index (χ2v) is 5.58. The number of halogens is 2. The molecule has 1 aromatic rings. The molecule has 1 aromatic carbocycles. The zero-order valence-corrected chi connectivity index (χ0v) is 10.7. The molecule has 1 heterocycles. The SMILES string of the molecule is Fc1cccc(CSCC2CNC2)c1Br. The third-order valence-corrected chi connectivity index (χ3v) is 4.62. The molecule has 82 valence electrons. The van der Waals surface area contributed by atoms with E-state index < -0.39 is 0 Å². The predicted octanol–water partition coefficient (Wildman–Crippen LogP) is 3.04. The van der Waals surface area contributed by atoms with E-state index in [2.05, 4.69) is 21.2 Å². The summed E-state index contributed by atoms with van der Waals surface area (Å²) in [6, 6.07) is 5.22. The highest BCUT2D eigenvalue weighted by Crippen LogP contribution is 2.25. The summed E-state index contributed by atoms with van der Waals surface area (Å²) in [5.41, 5.74) is 1.05. The van der Waals surface area contributed by atoms with E-state index in [1.165, 1.54) is 6.07 Å². The molecule has 2 rings (SSSR count). The van der Waals surface area contributed by atoms with Crippen LogP contribution in [0.3, 0.4) is 0 Å². The highest BCUT2D eigenvalue weighted by molar-refractivity contribution is 9.10. The number of benzene rings is 1. The number of rotatable bonds is 4. The highest BCUT2D eigenvalue weighted by atomic mass is 79.9. The molecule has 1 saturated heterocycles. The van der Waals surface area contributed by atoms with Crippen molar-refractivity contribution in [2.45, 2.75) is 5.75 Å². The van der Waals surface area contributed by atoms with Crippen molar-refractivity contribution in [2.75, 3.05) is 18.8 Å². The van der Waals surface area contributed by atoms with Crippen LogP contribution in [0.5, 0.6) is 0 Å². The van der Waals surface area contributed by atoms with Crippen LogP contribution < -0.4 is 5.32 Å². The van der Waals surface area contributed by atoms with Gasteiger partial charge in [-0.2, -0.15) is 11.8 Å². The van der Waals surface area contributed by atoms with E-state index in [0.29, 0.717) is 4.47 Å². The molecule has 0 unspecified atom stereocenters. The zero-order chi connectivity index (χ0) is 10.7. The van der Waals surface area contributed by atoms with Crippen LogP contribution in [0.15, 0.2) is 22.7 Å². The van der Waals surface area contributed by atoms with Gasteiger partial charge in [0, 0.05) is 5.75 Å². The average molecular weight is 290 g/mol. The molecule has 1 N–H and O–H groups in total. The average Bonchev–Trinajstić information content (AvgIpc) is 2.16. The lowest BCUT2D eigenvalue weighted by atomic mass is 10.1. The fourth-order valence-corrected chi connectivity index (χ4v) is 3.20. The van der Waals surface area contributed by atoms with Crippen LogP contribution in [-0.4, -0.2) is 18.8 Å². The van der Waals surface area contributed by atoms with Gasteiger partial charge in [0.05, 0.1) is 4.47 Å². The van der Waals surface area contributed by atoms with E-state index >= 15 is 0 Å². The molecule has 15 heavy (non-hydrogen) atoms. The van der Waals surface area contributed by atoms with Gasteiger partial charge in [-0.1, -0.05) is 12.1 Å². The first kappa shape index (κ1) is 11.4. The van der Waals surface area contributed by atoms with E-state index in [1.807, 2.05) is 17.8 Å². The maximum absolute atomic E-state index is 13.2. The Balaban J connectivity index is 1.84. The lowest BCUT2D eigenvalue weighted by Gasteiger charge is -2.26. The molecule has 0 spiro atoms. The van der Waals surface area contributed by atoms with E-state index in [0.717, 1.165) is 36.1 Å². The van der Waals surface area contributed by atoms with Crippen molar-refractivity contribution in [1.82, 2.24) is 5.32 Å². The van der Waals surface area contributed by atoms with E-state index in [4.69, 9.17) is 0 Å². The number of nitrogens with one attached hydrogen (secondary N) is 1. The Morgan fingerprint density at radius 2 is 2.27 bits per heavy atom. The smallest absolute Gasteiger partial charge is 0.137 e. The standard InChI is InChI=1S/C11H13BrFNS/c12-11-9(2-1-3-10(11)13)7-15-6-8-4-14-5-8/h1-3,8,14H,4-7H2. The highest BCUT2D eigenvalue weighted by Gasteiger charge is 2.16. The van der Waals surface area contributed by atoms with Gasteiger partial charge in [-0.3, -0.25) is 0 Å². The molecule has 0 bridgehead atoms. The van der Waals surface area contributed by atoms with Crippen LogP contribution in [0.1, 0.15) is 5.56 Å². The van der Waals surface area contributed by atoms with Gasteiger partial charge in [-0.25, -0.2) is 4.39 Å². The first-order valence-corrected chi connectivity index (χ1v) is 6.93. The molecule has 1 aliphatic heterocycles. The van der Waals surface area contributed by atoms with Gasteiger partial charge in [0.1, 0.15) is 5.82 Å². The van der Waals surface area contributed by atoms with Crippen LogP contribution in [-0.2, 0) is 5.75 Å². The molecule has 0 aromatic heterocycles. The molecule has 0 saturated carbocycles. The first-order valence-electron chi connectivity index (χ1n) is 4.98. The fourth-order valence-electron chi connectivity index (χ4n) is 1.46. The Morgan fingerprint density at radius 3 is 2.93 bits per heavy atom. The second-order valence-electron chi connectivity index (χ2n) is 3.75. The monoisotopic (exact) mass is 289 g/mol. The molecule has 4 heteroatoms. The summed E-state index contributed by atoms with van der Waals surface area (Å²) in [6.45, 7) is 2.27. The van der Waals surface area contributed by atoms with Crippen molar-refractivity contribution in [3.8, 4) is 0 Å². The third kappa shape index (κ3) is 2.95. The van der Waals surface area contributed by atoms with Crippen LogP contribution >= 0.6 is 27.7 Å². The maximum atomic E-state index is 13.2. The first-order chi connectivity index (χ1) is 7.27. The number of thioether (sulfide) groups is 1. The Kier molecular flexibility index (Phi) is 4.05. The lowest BCUT2D eigenvalue weighted by Crippen LogP contribution is -2.43. The summed E-state index contributed by atoms with van der Waals surface area (Å²) in [5, 5.41) is 3.25. The van der Waals surface area contributed by atoms with E-state index in [-0.39, 0.29) is 5.82 Å². The van der Waals surface area contributed by atoms with E-state index in [1.54, 1.807) is 6.07 Å². The maximum Gasteiger partial charge on any atom is 0.137 e. The van der Waals surface area contributed by atoms with Gasteiger partial charge in [0.2, 0.25) is 0 Å². The number of hydrogen-bond donors (Lipinski definition) is 1. The molecule has 0 atom stereocenters. The Hall–Kier alpha value is -0.0600. The molecule has 0 amide bonds. The number of hydrogen-bond acceptors (Lipinski definition) is 2. The summed E-state index contributed by atoms with van der Waals surface area (Å²) in [7, 11) is 0. The quantitative estimate of drug-likeness (QED) is 0.914. The molecule has 1 fully saturated rings. The van der Waals surface area contributed by atoms with Crippen LogP contribution in [0.4, 0.5) is 4.39 Å². The molecule has 1 nitrogen and oxygen atoms in total. The Morgan fingerprint density at radius 1 is 1.47 bits per heavy atom. The van der Waals surface area contributed by atoms with Crippen molar-refractivity contribution >= 4 is 27.7 Å². The van der Waals surface area contributed by atoms with Gasteiger partial charge in [0.15, 0.2) is 0 Å². The predicted molar refractivity (Wildman–Crippen MR) is 66.6 cm³/mol. The third-order valence-electron chi connectivity index (χ3n) is 2.51. The normalized spacial score (nSPS) is 16.4. The minimum absolute atomic E-state index is 0.168. The van der Waals surface area contributed by atoms with Crippen molar-refractivity contribution < 1.29 is 4.39 Å². The van der Waals surface area contributed by atoms with Crippen LogP contribution in [0.2, 0.25) is 0 Å². The summed E-state index contributed by atoms with van der Waals surface area (Å²) < 4.78 is 13.8. The summed E-state index contributed by atoms with van der Waals surface area (Å²) >= 11 is 5.15. The molecular weight excluding hydrogens is 277 g/mol. The van der Waals surface area contributed by atoms with Crippen molar-refractivity contribution in [2.24, 2.45) is 5.92 Å². The Bertz CT molecular complexity index is 341. The minimum Gasteiger partial charge on any atom is -0.316 e. The fraction of sp³-hybridized carbons (Fsp3) is 0.455. The van der Waals surface area contributed by atoms with Crippen LogP contribution in [0.25, 0.3) is 0 Å². The molecule has 0 aliphatic carbocycles. The van der Waals surface area contributed by atoms with Gasteiger partial charge in [-0.05, 0) is 52.3 Å². The van der Waals surface area contributed by atoms with Gasteiger partial charge >= 0.3 is 0 Å². The molecule has 0 radical (unpaired) electrons. The zero-order valence-electron chi connectivity index (χ0n) is 8.30. The largest absolute Gasteiger partial charge is 0.316 e. The minimum atomic E-state index is -0.168. The van der Waals surface area contributed by atoms with Gasteiger partial charge in [-0.15, -0.1) is 0 Å². The van der Waals surface area contributed by atoms with Gasteiger partial charge < -0.3 is 5.32 Å².